The number of aryl methyl sites for hydroxylation is 1. The predicted molar refractivity (Wildman–Crippen MR) is 72.7 cm³/mol. The van der Waals surface area contributed by atoms with Crippen molar-refractivity contribution in [1.82, 2.24) is 15.0 Å². The summed E-state index contributed by atoms with van der Waals surface area (Å²) in [6.07, 6.45) is 3.30. The minimum Gasteiger partial charge on any atom is -0.358 e. The monoisotopic (exact) mass is 275 g/mol. The van der Waals surface area contributed by atoms with Crippen molar-refractivity contribution in [2.24, 2.45) is 0 Å². The highest BCUT2D eigenvalue weighted by molar-refractivity contribution is 5.92. The molecule has 2 heterocycles. The summed E-state index contributed by atoms with van der Waals surface area (Å²) in [5.74, 6) is -0.398. The third-order valence-corrected chi connectivity index (χ3v) is 2.55. The van der Waals surface area contributed by atoms with Crippen LogP contribution in [0.25, 0.3) is 0 Å². The van der Waals surface area contributed by atoms with Crippen LogP contribution < -0.4 is 10.6 Å². The van der Waals surface area contributed by atoms with Gasteiger partial charge in [0.2, 0.25) is 5.91 Å². The molecule has 0 aliphatic carbocycles. The molecule has 0 saturated heterocycles. The molecule has 0 radical (unpaired) electrons. The molecule has 1 amide bonds. The maximum Gasteiger partial charge on any atom is 0.244 e. The van der Waals surface area contributed by atoms with Gasteiger partial charge in [-0.15, -0.1) is 0 Å². The molecule has 7 heteroatoms. The summed E-state index contributed by atoms with van der Waals surface area (Å²) in [6.45, 7) is 1.69. The molecular weight excluding hydrogens is 261 g/mol. The predicted octanol–water partition coefficient (Wildman–Crippen LogP) is 1.62. The third-order valence-electron chi connectivity index (χ3n) is 2.55. The molecule has 104 valence electrons. The van der Waals surface area contributed by atoms with Crippen molar-refractivity contribution < 1.29 is 9.18 Å². The van der Waals surface area contributed by atoms with Gasteiger partial charge in [-0.05, 0) is 18.6 Å². The number of aromatic nitrogens is 3. The van der Waals surface area contributed by atoms with Gasteiger partial charge in [-0.2, -0.15) is 0 Å². The van der Waals surface area contributed by atoms with Crippen LogP contribution in [0.3, 0.4) is 0 Å². The van der Waals surface area contributed by atoms with Crippen LogP contribution in [0.2, 0.25) is 0 Å². The molecule has 6 nitrogen and oxygen atoms in total. The first-order valence-corrected chi connectivity index (χ1v) is 6.14. The average molecular weight is 275 g/mol. The second kappa shape index (κ2) is 6.55. The molecule has 0 bridgehead atoms. The van der Waals surface area contributed by atoms with Crippen LogP contribution in [-0.2, 0) is 11.2 Å². The number of hydrogen-bond acceptors (Lipinski definition) is 5. The van der Waals surface area contributed by atoms with Gasteiger partial charge in [0, 0.05) is 6.20 Å². The fraction of sp³-hybridized carbons (Fsp3) is 0.231. The van der Waals surface area contributed by atoms with Gasteiger partial charge < -0.3 is 10.6 Å². The van der Waals surface area contributed by atoms with Crippen molar-refractivity contribution >= 4 is 17.5 Å². The van der Waals surface area contributed by atoms with Crippen LogP contribution in [-0.4, -0.2) is 27.4 Å². The maximum atomic E-state index is 13.8. The summed E-state index contributed by atoms with van der Waals surface area (Å²) in [6, 6.07) is 5.17. The van der Waals surface area contributed by atoms with Gasteiger partial charge in [-0.3, -0.25) is 4.79 Å². The fourth-order valence-corrected chi connectivity index (χ4v) is 1.56. The number of anilines is 2. The van der Waals surface area contributed by atoms with Gasteiger partial charge in [0.15, 0.2) is 11.6 Å². The highest BCUT2D eigenvalue weighted by Gasteiger charge is 2.10. The van der Waals surface area contributed by atoms with Gasteiger partial charge in [0.1, 0.15) is 12.1 Å². The molecular formula is C13H14FN5O. The van der Waals surface area contributed by atoms with Gasteiger partial charge in [-0.1, -0.05) is 13.0 Å². The maximum absolute atomic E-state index is 13.8. The third kappa shape index (κ3) is 3.47. The van der Waals surface area contributed by atoms with Crippen LogP contribution in [0.5, 0.6) is 0 Å². The van der Waals surface area contributed by atoms with Crippen LogP contribution in [0.15, 0.2) is 30.7 Å². The number of hydrogen-bond donors (Lipinski definition) is 2. The number of amides is 1. The molecule has 0 aliphatic heterocycles. The Morgan fingerprint density at radius 3 is 2.85 bits per heavy atom. The largest absolute Gasteiger partial charge is 0.358 e. The normalized spacial score (nSPS) is 10.1. The highest BCUT2D eigenvalue weighted by Crippen LogP contribution is 2.12. The molecule has 0 spiro atoms. The fourth-order valence-electron chi connectivity index (χ4n) is 1.56. The molecule has 20 heavy (non-hydrogen) atoms. The van der Waals surface area contributed by atoms with Crippen molar-refractivity contribution in [3.05, 3.63) is 42.2 Å². The summed E-state index contributed by atoms with van der Waals surface area (Å²) in [4.78, 5) is 23.2. The first-order valence-electron chi connectivity index (χ1n) is 6.14. The number of pyridine rings is 1. The summed E-state index contributed by atoms with van der Waals surface area (Å²) >= 11 is 0. The van der Waals surface area contributed by atoms with Crippen molar-refractivity contribution in [1.29, 1.82) is 0 Å². The lowest BCUT2D eigenvalue weighted by Crippen LogP contribution is -2.23. The average Bonchev–Trinajstić information content (AvgIpc) is 2.47. The highest BCUT2D eigenvalue weighted by atomic mass is 19.1. The molecule has 2 aromatic heterocycles. The lowest BCUT2D eigenvalue weighted by atomic mass is 10.3. The SMILES string of the molecule is CCc1ncnc(NCC(=O)Nc2ccccn2)c1F. The second-order valence-electron chi connectivity index (χ2n) is 3.95. The van der Waals surface area contributed by atoms with E-state index in [9.17, 15) is 9.18 Å². The van der Waals surface area contributed by atoms with Crippen molar-refractivity contribution in [3.63, 3.8) is 0 Å². The zero-order valence-corrected chi connectivity index (χ0v) is 10.9. The summed E-state index contributed by atoms with van der Waals surface area (Å²) in [7, 11) is 0. The minimum atomic E-state index is -0.527. The second-order valence-corrected chi connectivity index (χ2v) is 3.95. The minimum absolute atomic E-state index is 0.0213. The first-order chi connectivity index (χ1) is 9.70. The Morgan fingerprint density at radius 1 is 1.30 bits per heavy atom. The molecule has 0 atom stereocenters. The van der Waals surface area contributed by atoms with Crippen LogP contribution in [0.4, 0.5) is 16.0 Å². The summed E-state index contributed by atoms with van der Waals surface area (Å²) in [5, 5.41) is 5.22. The van der Waals surface area contributed by atoms with E-state index in [1.54, 1.807) is 31.3 Å². The van der Waals surface area contributed by atoms with Crippen molar-refractivity contribution in [3.8, 4) is 0 Å². The number of nitrogens with one attached hydrogen (secondary N) is 2. The summed E-state index contributed by atoms with van der Waals surface area (Å²) < 4.78 is 13.8. The Labute approximate surface area is 115 Å². The van der Waals surface area contributed by atoms with Crippen LogP contribution in [0, 0.1) is 5.82 Å². The first kappa shape index (κ1) is 13.9. The Hall–Kier alpha value is -2.57. The lowest BCUT2D eigenvalue weighted by molar-refractivity contribution is -0.114. The molecule has 2 aromatic rings. The van der Waals surface area contributed by atoms with Gasteiger partial charge in [-0.25, -0.2) is 19.3 Å². The van der Waals surface area contributed by atoms with E-state index in [4.69, 9.17) is 0 Å². The molecule has 0 aromatic carbocycles. The number of rotatable bonds is 5. The van der Waals surface area contributed by atoms with E-state index in [-0.39, 0.29) is 18.3 Å². The Bertz CT molecular complexity index is 591. The topological polar surface area (TPSA) is 79.8 Å². The lowest BCUT2D eigenvalue weighted by Gasteiger charge is -2.08. The number of nitrogens with zero attached hydrogens (tertiary/aromatic N) is 3. The molecule has 2 N–H and O–H groups in total. The van der Waals surface area contributed by atoms with E-state index in [1.165, 1.54) is 6.33 Å². The smallest absolute Gasteiger partial charge is 0.244 e. The van der Waals surface area contributed by atoms with Crippen LogP contribution in [0.1, 0.15) is 12.6 Å². The van der Waals surface area contributed by atoms with E-state index in [2.05, 4.69) is 25.6 Å². The zero-order valence-electron chi connectivity index (χ0n) is 10.9. The van der Waals surface area contributed by atoms with E-state index in [0.717, 1.165) is 0 Å². The number of carbonyl (C=O) groups excluding carboxylic acids is 1. The molecule has 0 saturated carbocycles. The van der Waals surface area contributed by atoms with E-state index in [1.807, 2.05) is 0 Å². The van der Waals surface area contributed by atoms with E-state index < -0.39 is 5.82 Å². The Balaban J connectivity index is 1.94. The van der Waals surface area contributed by atoms with Gasteiger partial charge in [0.05, 0.1) is 12.2 Å². The van der Waals surface area contributed by atoms with Gasteiger partial charge >= 0.3 is 0 Å². The van der Waals surface area contributed by atoms with Crippen molar-refractivity contribution in [2.75, 3.05) is 17.2 Å². The molecule has 0 fully saturated rings. The quantitative estimate of drug-likeness (QED) is 0.866. The van der Waals surface area contributed by atoms with Crippen LogP contribution >= 0.6 is 0 Å². The Kier molecular flexibility index (Phi) is 4.54. The zero-order chi connectivity index (χ0) is 14.4. The molecule has 2 rings (SSSR count). The standard InChI is InChI=1S/C13H14FN5O/c1-2-9-12(14)13(18-8-17-9)16-7-11(20)19-10-5-3-4-6-15-10/h3-6,8H,2,7H2,1H3,(H,15,19,20)(H,16,17,18). The molecule has 0 aliphatic rings. The van der Waals surface area contributed by atoms with Crippen molar-refractivity contribution in [2.45, 2.75) is 13.3 Å². The Morgan fingerprint density at radius 2 is 2.15 bits per heavy atom. The van der Waals surface area contributed by atoms with Gasteiger partial charge in [0.25, 0.3) is 0 Å². The number of carbonyl (C=O) groups is 1. The van der Waals surface area contributed by atoms with E-state index in [0.29, 0.717) is 17.9 Å². The van der Waals surface area contributed by atoms with E-state index >= 15 is 0 Å². The summed E-state index contributed by atoms with van der Waals surface area (Å²) in [5.41, 5.74) is 0.313. The molecule has 0 unspecified atom stereocenters. The number of halogens is 1.